The van der Waals surface area contributed by atoms with Crippen molar-refractivity contribution < 1.29 is 5.11 Å². The third-order valence-corrected chi connectivity index (χ3v) is 7.96. The van der Waals surface area contributed by atoms with Crippen molar-refractivity contribution in [2.24, 2.45) is 5.92 Å². The molecule has 0 atom stereocenters. The Bertz CT molecular complexity index is 1140. The maximum Gasteiger partial charge on any atom is 0.227 e. The van der Waals surface area contributed by atoms with Gasteiger partial charge in [0.1, 0.15) is 0 Å². The first-order valence-corrected chi connectivity index (χ1v) is 12.5. The Hall–Kier alpha value is -2.49. The number of nitrogens with one attached hydrogen (secondary N) is 3. The van der Waals surface area contributed by atoms with Crippen molar-refractivity contribution in [3.05, 3.63) is 28.8 Å². The number of rotatable bonds is 6. The highest BCUT2D eigenvalue weighted by atomic mass is 32.1. The van der Waals surface area contributed by atoms with Gasteiger partial charge in [-0.1, -0.05) is 6.08 Å². The predicted molar refractivity (Wildman–Crippen MR) is 129 cm³/mol. The van der Waals surface area contributed by atoms with Gasteiger partial charge in [-0.05, 0) is 56.2 Å². The van der Waals surface area contributed by atoms with Crippen molar-refractivity contribution in [3.63, 3.8) is 0 Å². The zero-order valence-corrected chi connectivity index (χ0v) is 18.9. The summed E-state index contributed by atoms with van der Waals surface area (Å²) in [6.45, 7) is 3.94. The zero-order chi connectivity index (χ0) is 21.5. The van der Waals surface area contributed by atoms with Gasteiger partial charge in [0.25, 0.3) is 0 Å². The van der Waals surface area contributed by atoms with Crippen LogP contribution in [-0.4, -0.2) is 58.1 Å². The molecule has 168 valence electrons. The van der Waals surface area contributed by atoms with Gasteiger partial charge in [-0.2, -0.15) is 10.1 Å². The van der Waals surface area contributed by atoms with Gasteiger partial charge in [-0.25, -0.2) is 4.98 Å². The molecule has 0 spiro atoms. The fourth-order valence-electron chi connectivity index (χ4n) is 4.59. The minimum absolute atomic E-state index is 0.265. The predicted octanol–water partition coefficient (Wildman–Crippen LogP) is 3.62. The summed E-state index contributed by atoms with van der Waals surface area (Å²) in [7, 11) is 0. The van der Waals surface area contributed by atoms with Crippen LogP contribution in [-0.2, 0) is 0 Å². The molecule has 5 heterocycles. The average Bonchev–Trinajstić information content (AvgIpc) is 3.43. The number of anilines is 3. The minimum Gasteiger partial charge on any atom is -0.396 e. The summed E-state index contributed by atoms with van der Waals surface area (Å²) in [6.07, 6.45) is 7.75. The van der Waals surface area contributed by atoms with Crippen molar-refractivity contribution >= 4 is 44.7 Å². The molecule has 6 rings (SSSR count). The lowest BCUT2D eigenvalue weighted by Gasteiger charge is -2.31. The van der Waals surface area contributed by atoms with Crippen molar-refractivity contribution in [1.82, 2.24) is 25.5 Å². The lowest BCUT2D eigenvalue weighted by molar-refractivity contribution is 0.202. The van der Waals surface area contributed by atoms with Gasteiger partial charge in [0.15, 0.2) is 11.6 Å². The second kappa shape index (κ2) is 8.46. The Kier molecular flexibility index (Phi) is 5.32. The van der Waals surface area contributed by atoms with Crippen molar-refractivity contribution in [3.8, 4) is 0 Å². The first kappa shape index (κ1) is 20.1. The molecule has 2 fully saturated rings. The molecule has 3 aromatic rings. The molecule has 1 saturated carbocycles. The Morgan fingerprint density at radius 2 is 2.03 bits per heavy atom. The van der Waals surface area contributed by atoms with Gasteiger partial charge in [0.05, 0.1) is 10.2 Å². The summed E-state index contributed by atoms with van der Waals surface area (Å²) in [5, 5.41) is 24.0. The molecule has 8 nitrogen and oxygen atoms in total. The summed E-state index contributed by atoms with van der Waals surface area (Å²) in [6, 6.07) is 4.33. The highest BCUT2D eigenvalue weighted by Crippen LogP contribution is 2.41. The van der Waals surface area contributed by atoms with Crippen molar-refractivity contribution in [2.45, 2.75) is 38.0 Å². The molecule has 1 saturated heterocycles. The number of H-pyrrole nitrogens is 1. The van der Waals surface area contributed by atoms with E-state index in [0.29, 0.717) is 11.8 Å². The fourth-order valence-corrected chi connectivity index (χ4v) is 5.70. The molecule has 9 heteroatoms. The second-order valence-corrected chi connectivity index (χ2v) is 10.2. The molecule has 0 unspecified atom stereocenters. The van der Waals surface area contributed by atoms with E-state index in [9.17, 15) is 5.11 Å². The molecule has 3 aliphatic rings. The molecule has 0 aromatic carbocycles. The molecule has 2 aliphatic heterocycles. The number of aromatic nitrogens is 4. The summed E-state index contributed by atoms with van der Waals surface area (Å²) in [5.41, 5.74) is 3.58. The maximum atomic E-state index is 9.49. The van der Waals surface area contributed by atoms with E-state index in [-0.39, 0.29) is 6.61 Å². The van der Waals surface area contributed by atoms with Crippen LogP contribution in [0.5, 0.6) is 0 Å². The van der Waals surface area contributed by atoms with Crippen LogP contribution in [0.4, 0.5) is 17.6 Å². The number of hydrogen-bond donors (Lipinski definition) is 4. The van der Waals surface area contributed by atoms with Crippen molar-refractivity contribution in [2.75, 3.05) is 43.0 Å². The first-order chi connectivity index (χ1) is 15.8. The Labute approximate surface area is 191 Å². The Balaban J connectivity index is 1.36. The molecule has 1 aliphatic carbocycles. The van der Waals surface area contributed by atoms with Crippen LogP contribution in [0.1, 0.15) is 48.6 Å². The SMILES string of the molecule is OCC1CCN(c2nc(Nc3cc(C4CC4)[nH]n3)c3sc(C4=CCNCC4)cc3n2)CC1. The van der Waals surface area contributed by atoms with E-state index in [1.165, 1.54) is 29.0 Å². The van der Waals surface area contributed by atoms with Crippen LogP contribution in [0.25, 0.3) is 15.8 Å². The number of aliphatic hydroxyl groups is 1. The monoisotopic (exact) mass is 451 g/mol. The molecule has 32 heavy (non-hydrogen) atoms. The van der Waals surface area contributed by atoms with E-state index in [1.54, 1.807) is 11.3 Å². The van der Waals surface area contributed by atoms with Gasteiger partial charge in [-0.15, -0.1) is 11.3 Å². The van der Waals surface area contributed by atoms with Gasteiger partial charge in [-0.3, -0.25) is 5.10 Å². The average molecular weight is 452 g/mol. The third-order valence-electron chi connectivity index (χ3n) is 6.76. The van der Waals surface area contributed by atoms with Gasteiger partial charge in [0, 0.05) is 48.8 Å². The lowest BCUT2D eigenvalue weighted by atomic mass is 9.98. The molecule has 0 radical (unpaired) electrons. The number of thiophene rings is 1. The first-order valence-electron chi connectivity index (χ1n) is 11.7. The van der Waals surface area contributed by atoms with Crippen LogP contribution in [0, 0.1) is 5.92 Å². The minimum atomic E-state index is 0.265. The van der Waals surface area contributed by atoms with Crippen LogP contribution in [0.2, 0.25) is 0 Å². The topological polar surface area (TPSA) is 102 Å². The summed E-state index contributed by atoms with van der Waals surface area (Å²) in [5.74, 6) is 3.42. The van der Waals surface area contributed by atoms with E-state index in [1.807, 2.05) is 0 Å². The molecular weight excluding hydrogens is 422 g/mol. The van der Waals surface area contributed by atoms with Crippen LogP contribution in [0.15, 0.2) is 18.2 Å². The molecule has 0 bridgehead atoms. The number of fused-ring (bicyclic) bond motifs is 1. The van der Waals surface area contributed by atoms with E-state index in [0.717, 1.165) is 73.2 Å². The zero-order valence-electron chi connectivity index (χ0n) is 18.1. The quantitative estimate of drug-likeness (QED) is 0.454. The summed E-state index contributed by atoms with van der Waals surface area (Å²) < 4.78 is 1.07. The van der Waals surface area contributed by atoms with E-state index in [4.69, 9.17) is 9.97 Å². The molecule has 0 amide bonds. The number of aromatic amines is 1. The standard InChI is InChI=1S/C23H29N7OS/c31-13-14-5-9-30(10-6-14)23-25-18-11-19(16-3-7-24-8-4-16)32-21(18)22(27-23)26-20-12-17(28-29-20)15-1-2-15/h3,11-12,14-15,24,31H,1-2,4-10,13H2,(H2,25,26,27,28,29). The Morgan fingerprint density at radius 1 is 1.16 bits per heavy atom. The van der Waals surface area contributed by atoms with Gasteiger partial charge >= 0.3 is 0 Å². The van der Waals surface area contributed by atoms with Gasteiger partial charge in [0.2, 0.25) is 5.95 Å². The number of nitrogens with zero attached hydrogens (tertiary/aromatic N) is 4. The maximum absolute atomic E-state index is 9.49. The van der Waals surface area contributed by atoms with Crippen LogP contribution >= 0.6 is 11.3 Å². The Morgan fingerprint density at radius 3 is 2.78 bits per heavy atom. The van der Waals surface area contributed by atoms with E-state index >= 15 is 0 Å². The second-order valence-electron chi connectivity index (χ2n) is 9.10. The van der Waals surface area contributed by atoms with Crippen LogP contribution < -0.4 is 15.5 Å². The largest absolute Gasteiger partial charge is 0.396 e. The molecular formula is C23H29N7OS. The fraction of sp³-hybridized carbons (Fsp3) is 0.522. The normalized spacial score (nSPS) is 20.0. The highest BCUT2D eigenvalue weighted by Gasteiger charge is 2.26. The highest BCUT2D eigenvalue weighted by molar-refractivity contribution is 7.20. The summed E-state index contributed by atoms with van der Waals surface area (Å²) in [4.78, 5) is 13.4. The summed E-state index contributed by atoms with van der Waals surface area (Å²) >= 11 is 1.76. The van der Waals surface area contributed by atoms with Crippen molar-refractivity contribution in [1.29, 1.82) is 0 Å². The molecule has 4 N–H and O–H groups in total. The molecule has 3 aromatic heterocycles. The number of piperidine rings is 1. The number of hydrogen-bond acceptors (Lipinski definition) is 8. The van der Waals surface area contributed by atoms with E-state index < -0.39 is 0 Å². The van der Waals surface area contributed by atoms with Crippen LogP contribution in [0.3, 0.4) is 0 Å². The number of aliphatic hydroxyl groups excluding tert-OH is 1. The smallest absolute Gasteiger partial charge is 0.227 e. The van der Waals surface area contributed by atoms with Gasteiger partial charge < -0.3 is 20.6 Å². The third kappa shape index (κ3) is 4.00. The van der Waals surface area contributed by atoms with E-state index in [2.05, 4.69) is 43.9 Å². The lowest BCUT2D eigenvalue weighted by Crippen LogP contribution is -2.35.